The Balaban J connectivity index is 2.41. The molecule has 0 spiro atoms. The van der Waals surface area contributed by atoms with E-state index in [2.05, 4.69) is 10.6 Å². The molecule has 1 aromatic rings. The summed E-state index contributed by atoms with van der Waals surface area (Å²) in [6, 6.07) is 5.39. The van der Waals surface area contributed by atoms with Gasteiger partial charge in [0.1, 0.15) is 0 Å². The number of hydrogen-bond acceptors (Lipinski definition) is 4. The van der Waals surface area contributed by atoms with E-state index in [0.717, 1.165) is 0 Å². The zero-order valence-corrected chi connectivity index (χ0v) is 12.8. The molecule has 3 amide bonds. The van der Waals surface area contributed by atoms with Gasteiger partial charge < -0.3 is 10.1 Å². The molecule has 1 aromatic carbocycles. The second-order valence-electron chi connectivity index (χ2n) is 5.34. The van der Waals surface area contributed by atoms with Crippen molar-refractivity contribution in [3.05, 3.63) is 34.9 Å². The molecule has 7 heteroatoms. The number of nitrogens with one attached hydrogen (secondary N) is 2. The van der Waals surface area contributed by atoms with Gasteiger partial charge in [0.25, 0.3) is 5.91 Å². The predicted octanol–water partition coefficient (Wildman–Crippen LogP) is 2.12. The number of benzene rings is 1. The number of esters is 1. The fraction of sp³-hybridized carbons (Fsp3) is 0.357. The second-order valence-corrected chi connectivity index (χ2v) is 5.77. The van der Waals surface area contributed by atoms with Crippen LogP contribution in [-0.4, -0.2) is 30.1 Å². The lowest BCUT2D eigenvalue weighted by Crippen LogP contribution is -2.49. The number of hydrogen-bond donors (Lipinski definition) is 2. The number of halogens is 1. The maximum absolute atomic E-state index is 11.6. The highest BCUT2D eigenvalue weighted by molar-refractivity contribution is 6.30. The minimum Gasteiger partial charge on any atom is -0.452 e. The van der Waals surface area contributed by atoms with E-state index in [1.165, 1.54) is 24.3 Å². The second kappa shape index (κ2) is 7.08. The number of imide groups is 1. The largest absolute Gasteiger partial charge is 0.452 e. The van der Waals surface area contributed by atoms with Crippen LogP contribution in [0.5, 0.6) is 0 Å². The molecular weight excluding hydrogens is 296 g/mol. The van der Waals surface area contributed by atoms with Crippen molar-refractivity contribution in [2.75, 3.05) is 6.61 Å². The molecule has 0 aromatic heterocycles. The average Bonchev–Trinajstić information content (AvgIpc) is 2.34. The van der Waals surface area contributed by atoms with Crippen molar-refractivity contribution in [3.63, 3.8) is 0 Å². The molecule has 0 heterocycles. The Kier molecular flexibility index (Phi) is 5.72. The van der Waals surface area contributed by atoms with Crippen molar-refractivity contribution in [1.82, 2.24) is 10.6 Å². The van der Waals surface area contributed by atoms with Crippen LogP contribution in [0.1, 0.15) is 31.1 Å². The lowest BCUT2D eigenvalue weighted by Gasteiger charge is -2.20. The summed E-state index contributed by atoms with van der Waals surface area (Å²) in [6.07, 6.45) is 0. The van der Waals surface area contributed by atoms with Gasteiger partial charge in [-0.2, -0.15) is 0 Å². The number of carbonyl (C=O) groups excluding carboxylic acids is 3. The van der Waals surface area contributed by atoms with Crippen LogP contribution in [0, 0.1) is 0 Å². The van der Waals surface area contributed by atoms with Crippen molar-refractivity contribution >= 4 is 29.5 Å². The van der Waals surface area contributed by atoms with Crippen molar-refractivity contribution in [2.45, 2.75) is 26.3 Å². The Morgan fingerprint density at radius 3 is 2.24 bits per heavy atom. The van der Waals surface area contributed by atoms with E-state index in [1.807, 2.05) is 0 Å². The number of amides is 3. The molecular formula is C14H17ClN2O4. The summed E-state index contributed by atoms with van der Waals surface area (Å²) < 4.78 is 4.79. The molecule has 0 fully saturated rings. The highest BCUT2D eigenvalue weighted by atomic mass is 35.5. The molecule has 0 saturated carbocycles. The van der Waals surface area contributed by atoms with Gasteiger partial charge in [-0.15, -0.1) is 0 Å². The first-order chi connectivity index (χ1) is 9.67. The molecule has 0 aliphatic heterocycles. The summed E-state index contributed by atoms with van der Waals surface area (Å²) in [5.74, 6) is -1.38. The molecule has 0 bridgehead atoms. The minimum absolute atomic E-state index is 0.270. The third-order valence-electron chi connectivity index (χ3n) is 2.16. The number of rotatable bonds is 3. The quantitative estimate of drug-likeness (QED) is 0.837. The number of carbonyl (C=O) groups is 3. The summed E-state index contributed by atoms with van der Waals surface area (Å²) in [6.45, 7) is 4.78. The molecule has 2 N–H and O–H groups in total. The average molecular weight is 313 g/mol. The highest BCUT2D eigenvalue weighted by Crippen LogP contribution is 2.10. The Labute approximate surface area is 127 Å². The summed E-state index contributed by atoms with van der Waals surface area (Å²) in [5.41, 5.74) is -0.198. The first kappa shape index (κ1) is 17.0. The van der Waals surface area contributed by atoms with E-state index in [4.69, 9.17) is 16.3 Å². The topological polar surface area (TPSA) is 84.5 Å². The molecule has 0 atom stereocenters. The van der Waals surface area contributed by atoms with E-state index < -0.39 is 30.1 Å². The Bertz CT molecular complexity index is 535. The lowest BCUT2D eigenvalue weighted by molar-refractivity contribution is -0.123. The van der Waals surface area contributed by atoms with Gasteiger partial charge >= 0.3 is 12.0 Å². The SMILES string of the molecule is CC(C)(C)NC(=O)NC(=O)COC(=O)c1ccc(Cl)cc1. The van der Waals surface area contributed by atoms with E-state index in [1.54, 1.807) is 20.8 Å². The van der Waals surface area contributed by atoms with Gasteiger partial charge in [0.05, 0.1) is 5.56 Å². The third kappa shape index (κ3) is 6.76. The fourth-order valence-electron chi connectivity index (χ4n) is 1.33. The summed E-state index contributed by atoms with van der Waals surface area (Å²) in [7, 11) is 0. The van der Waals surface area contributed by atoms with Crippen LogP contribution in [0.25, 0.3) is 0 Å². The number of ether oxygens (including phenoxy) is 1. The monoisotopic (exact) mass is 312 g/mol. The molecule has 0 radical (unpaired) electrons. The van der Waals surface area contributed by atoms with Crippen LogP contribution >= 0.6 is 11.6 Å². The summed E-state index contributed by atoms with van der Waals surface area (Å²) in [5, 5.41) is 5.10. The molecule has 0 unspecified atom stereocenters. The highest BCUT2D eigenvalue weighted by Gasteiger charge is 2.16. The first-order valence-electron chi connectivity index (χ1n) is 6.22. The zero-order chi connectivity index (χ0) is 16.0. The molecule has 0 aliphatic rings. The van der Waals surface area contributed by atoms with Crippen molar-refractivity contribution in [3.8, 4) is 0 Å². The van der Waals surface area contributed by atoms with Gasteiger partial charge in [0.15, 0.2) is 6.61 Å². The fourth-order valence-corrected chi connectivity index (χ4v) is 1.46. The molecule has 0 aliphatic carbocycles. The van der Waals surface area contributed by atoms with Crippen molar-refractivity contribution in [1.29, 1.82) is 0 Å². The molecule has 0 saturated heterocycles. The van der Waals surface area contributed by atoms with E-state index in [9.17, 15) is 14.4 Å². The smallest absolute Gasteiger partial charge is 0.338 e. The molecule has 21 heavy (non-hydrogen) atoms. The normalized spacial score (nSPS) is 10.7. The van der Waals surface area contributed by atoms with Crippen LogP contribution < -0.4 is 10.6 Å². The number of urea groups is 1. The maximum atomic E-state index is 11.6. The van der Waals surface area contributed by atoms with Gasteiger partial charge in [-0.05, 0) is 45.0 Å². The molecule has 114 valence electrons. The van der Waals surface area contributed by atoms with E-state index in [-0.39, 0.29) is 5.56 Å². The predicted molar refractivity (Wildman–Crippen MR) is 78.2 cm³/mol. The van der Waals surface area contributed by atoms with Crippen molar-refractivity contribution < 1.29 is 19.1 Å². The maximum Gasteiger partial charge on any atom is 0.338 e. The van der Waals surface area contributed by atoms with Crippen LogP contribution in [0.4, 0.5) is 4.79 Å². The van der Waals surface area contributed by atoms with Crippen LogP contribution in [0.2, 0.25) is 5.02 Å². The zero-order valence-electron chi connectivity index (χ0n) is 12.0. The van der Waals surface area contributed by atoms with Gasteiger partial charge in [-0.3, -0.25) is 10.1 Å². The molecule has 1 rings (SSSR count). The Morgan fingerprint density at radius 1 is 1.14 bits per heavy atom. The van der Waals surface area contributed by atoms with E-state index >= 15 is 0 Å². The minimum atomic E-state index is -0.709. The lowest BCUT2D eigenvalue weighted by atomic mass is 10.1. The third-order valence-corrected chi connectivity index (χ3v) is 2.41. The summed E-state index contributed by atoms with van der Waals surface area (Å²) >= 11 is 5.69. The van der Waals surface area contributed by atoms with Crippen LogP contribution in [-0.2, 0) is 9.53 Å². The van der Waals surface area contributed by atoms with Gasteiger partial charge in [-0.25, -0.2) is 9.59 Å². The summed E-state index contributed by atoms with van der Waals surface area (Å²) in [4.78, 5) is 34.5. The molecule has 6 nitrogen and oxygen atoms in total. The van der Waals surface area contributed by atoms with Gasteiger partial charge in [-0.1, -0.05) is 11.6 Å². The Hall–Kier alpha value is -2.08. The van der Waals surface area contributed by atoms with Gasteiger partial charge in [0, 0.05) is 10.6 Å². The van der Waals surface area contributed by atoms with Crippen molar-refractivity contribution in [2.24, 2.45) is 0 Å². The van der Waals surface area contributed by atoms with Crippen LogP contribution in [0.3, 0.4) is 0 Å². The standard InChI is InChI=1S/C14H17ClN2O4/c1-14(2,3)17-13(20)16-11(18)8-21-12(19)9-4-6-10(15)7-5-9/h4-7H,8H2,1-3H3,(H2,16,17,18,20). The van der Waals surface area contributed by atoms with Crippen LogP contribution in [0.15, 0.2) is 24.3 Å². The first-order valence-corrected chi connectivity index (χ1v) is 6.60. The van der Waals surface area contributed by atoms with E-state index in [0.29, 0.717) is 5.02 Å². The Morgan fingerprint density at radius 2 is 1.71 bits per heavy atom. The van der Waals surface area contributed by atoms with Gasteiger partial charge in [0.2, 0.25) is 0 Å².